The van der Waals surface area contributed by atoms with Crippen LogP contribution in [0.2, 0.25) is 5.02 Å². The van der Waals surface area contributed by atoms with Crippen molar-refractivity contribution < 1.29 is 19.1 Å². The van der Waals surface area contributed by atoms with Crippen LogP contribution in [-0.2, 0) is 4.79 Å². The van der Waals surface area contributed by atoms with Gasteiger partial charge in [-0.2, -0.15) is 5.10 Å². The molecule has 0 atom stereocenters. The Labute approximate surface area is 101 Å². The third kappa shape index (κ3) is 2.79. The van der Waals surface area contributed by atoms with Crippen LogP contribution >= 0.6 is 11.6 Å². The van der Waals surface area contributed by atoms with Gasteiger partial charge in [0.1, 0.15) is 5.82 Å². The minimum Gasteiger partial charge on any atom is -0.476 e. The molecular weight excluding hydrogens is 251 g/mol. The fraction of sp³-hybridized carbons (Fsp3) is 0.100. The number of carbonyl (C=O) groups is 2. The number of ketones is 1. The van der Waals surface area contributed by atoms with Gasteiger partial charge in [0.15, 0.2) is 0 Å². The van der Waals surface area contributed by atoms with E-state index in [1.54, 1.807) is 0 Å². The van der Waals surface area contributed by atoms with E-state index in [0.29, 0.717) is 0 Å². The first-order valence-corrected chi connectivity index (χ1v) is 4.83. The van der Waals surface area contributed by atoms with Gasteiger partial charge in [-0.3, -0.25) is 4.79 Å². The fourth-order valence-corrected chi connectivity index (χ4v) is 1.39. The Hall–Kier alpha value is -1.95. The van der Waals surface area contributed by atoms with Crippen LogP contribution in [0.4, 0.5) is 4.39 Å². The van der Waals surface area contributed by atoms with Gasteiger partial charge in [-0.1, -0.05) is 17.7 Å². The predicted octanol–water partition coefficient (Wildman–Crippen LogP) is 1.32. The molecule has 7 heteroatoms. The van der Waals surface area contributed by atoms with Crippen molar-refractivity contribution in [2.24, 2.45) is 5.10 Å². The second-order valence-electron chi connectivity index (χ2n) is 2.91. The maximum absolute atomic E-state index is 13.4. The number of Topliss-reactive ketones (excluding diaryl/α,β-unsaturated/α-hetero) is 1. The van der Waals surface area contributed by atoms with Gasteiger partial charge in [0.05, 0.1) is 10.6 Å². The third-order valence-electron chi connectivity index (χ3n) is 1.83. The lowest BCUT2D eigenvalue weighted by Gasteiger charge is -2.04. The number of halogens is 2. The lowest BCUT2D eigenvalue weighted by molar-refractivity contribution is -0.129. The monoisotopic (exact) mass is 258 g/mol. The summed E-state index contributed by atoms with van der Waals surface area (Å²) in [6.07, 6.45) is 0. The molecule has 0 aliphatic carbocycles. The van der Waals surface area contributed by atoms with Crippen LogP contribution in [0, 0.1) is 5.82 Å². The van der Waals surface area contributed by atoms with E-state index in [2.05, 4.69) is 10.5 Å². The number of aliphatic carboxylic acids is 1. The second kappa shape index (κ2) is 5.40. The first-order chi connectivity index (χ1) is 7.99. The Kier molecular flexibility index (Phi) is 4.17. The summed E-state index contributed by atoms with van der Waals surface area (Å²) >= 11 is 5.64. The number of hydrogen-bond donors (Lipinski definition) is 2. The molecule has 0 unspecified atom stereocenters. The van der Waals surface area contributed by atoms with Crippen molar-refractivity contribution in [1.82, 2.24) is 5.43 Å². The summed E-state index contributed by atoms with van der Waals surface area (Å²) < 4.78 is 13.4. The molecule has 17 heavy (non-hydrogen) atoms. The summed E-state index contributed by atoms with van der Waals surface area (Å²) in [6.45, 7) is 0. The summed E-state index contributed by atoms with van der Waals surface area (Å²) in [5.74, 6) is -3.55. The van der Waals surface area contributed by atoms with Gasteiger partial charge in [0.2, 0.25) is 11.5 Å². The molecule has 0 amide bonds. The number of hydrazone groups is 1. The van der Waals surface area contributed by atoms with Crippen molar-refractivity contribution >= 4 is 29.1 Å². The highest BCUT2D eigenvalue weighted by atomic mass is 35.5. The summed E-state index contributed by atoms with van der Waals surface area (Å²) in [7, 11) is 1.32. The summed E-state index contributed by atoms with van der Waals surface area (Å²) in [5, 5.41) is 11.9. The largest absolute Gasteiger partial charge is 0.476 e. The van der Waals surface area contributed by atoms with E-state index >= 15 is 0 Å². The molecule has 0 heterocycles. The lowest BCUT2D eigenvalue weighted by atomic mass is 10.1. The summed E-state index contributed by atoms with van der Waals surface area (Å²) in [5.41, 5.74) is 0.817. The third-order valence-corrected chi connectivity index (χ3v) is 2.15. The predicted molar refractivity (Wildman–Crippen MR) is 59.9 cm³/mol. The molecule has 1 aromatic rings. The van der Waals surface area contributed by atoms with E-state index in [4.69, 9.17) is 16.7 Å². The highest BCUT2D eigenvalue weighted by Gasteiger charge is 2.26. The zero-order chi connectivity index (χ0) is 13.0. The van der Waals surface area contributed by atoms with Gasteiger partial charge in [-0.25, -0.2) is 9.18 Å². The van der Waals surface area contributed by atoms with Crippen LogP contribution in [0.5, 0.6) is 0 Å². The number of hydrogen-bond acceptors (Lipinski definition) is 4. The molecule has 0 spiro atoms. The van der Waals surface area contributed by atoms with Crippen molar-refractivity contribution in [3.8, 4) is 0 Å². The number of nitrogens with zero attached hydrogens (tertiary/aromatic N) is 1. The van der Waals surface area contributed by atoms with Gasteiger partial charge in [0.25, 0.3) is 0 Å². The van der Waals surface area contributed by atoms with Crippen LogP contribution in [0.1, 0.15) is 10.4 Å². The molecule has 0 aromatic heterocycles. The van der Waals surface area contributed by atoms with E-state index in [-0.39, 0.29) is 5.02 Å². The maximum Gasteiger partial charge on any atom is 0.360 e. The Morgan fingerprint density at radius 2 is 2.12 bits per heavy atom. The molecule has 0 aliphatic rings. The quantitative estimate of drug-likeness (QED) is 0.369. The second-order valence-corrected chi connectivity index (χ2v) is 3.32. The van der Waals surface area contributed by atoms with Crippen molar-refractivity contribution in [2.75, 3.05) is 7.05 Å². The molecule has 0 bridgehead atoms. The van der Waals surface area contributed by atoms with Crippen LogP contribution in [0.3, 0.4) is 0 Å². The lowest BCUT2D eigenvalue weighted by Crippen LogP contribution is -2.27. The number of benzene rings is 1. The summed E-state index contributed by atoms with van der Waals surface area (Å²) in [6, 6.07) is 3.61. The molecule has 0 fully saturated rings. The van der Waals surface area contributed by atoms with Gasteiger partial charge in [-0.15, -0.1) is 0 Å². The fourth-order valence-electron chi connectivity index (χ4n) is 1.14. The summed E-state index contributed by atoms with van der Waals surface area (Å²) in [4.78, 5) is 22.5. The minimum absolute atomic E-state index is 0.167. The van der Waals surface area contributed by atoms with Gasteiger partial charge in [0, 0.05) is 7.05 Å². The van der Waals surface area contributed by atoms with Crippen LogP contribution < -0.4 is 5.43 Å². The minimum atomic E-state index is -1.57. The Morgan fingerprint density at radius 1 is 1.47 bits per heavy atom. The normalized spacial score (nSPS) is 11.1. The smallest absolute Gasteiger partial charge is 0.360 e. The van der Waals surface area contributed by atoms with E-state index in [1.807, 2.05) is 0 Å². The molecule has 0 aliphatic heterocycles. The molecule has 0 saturated carbocycles. The molecule has 90 valence electrons. The Bertz CT molecular complexity index is 482. The number of rotatable bonds is 4. The highest BCUT2D eigenvalue weighted by Crippen LogP contribution is 2.19. The zero-order valence-electron chi connectivity index (χ0n) is 8.70. The molecule has 5 nitrogen and oxygen atoms in total. The Balaban J connectivity index is 3.29. The standard InChI is InChI=1S/C10H8ClFN2O3/c1-13-14-8(10(16)17)9(15)7-5(11)3-2-4-6(7)12/h2-4,13H,1H3,(H,16,17). The first-order valence-electron chi connectivity index (χ1n) is 4.45. The molecular formula is C10H8ClFN2O3. The topological polar surface area (TPSA) is 78.8 Å². The van der Waals surface area contributed by atoms with E-state index in [0.717, 1.165) is 6.07 Å². The molecule has 0 radical (unpaired) electrons. The van der Waals surface area contributed by atoms with Crippen molar-refractivity contribution in [2.45, 2.75) is 0 Å². The Morgan fingerprint density at radius 3 is 2.59 bits per heavy atom. The average molecular weight is 259 g/mol. The van der Waals surface area contributed by atoms with E-state index < -0.39 is 28.8 Å². The van der Waals surface area contributed by atoms with Crippen LogP contribution in [0.25, 0.3) is 0 Å². The van der Waals surface area contributed by atoms with Crippen LogP contribution in [-0.4, -0.2) is 29.6 Å². The SMILES string of the molecule is CNN=C(C(=O)O)C(=O)c1c(F)cccc1Cl. The highest BCUT2D eigenvalue weighted by molar-refractivity contribution is 6.68. The van der Waals surface area contributed by atoms with Crippen molar-refractivity contribution in [3.05, 3.63) is 34.6 Å². The van der Waals surface area contributed by atoms with Gasteiger partial charge < -0.3 is 10.5 Å². The molecule has 1 rings (SSSR count). The first kappa shape index (κ1) is 13.1. The molecule has 2 N–H and O–H groups in total. The number of carboxylic acids is 1. The molecule has 0 saturated heterocycles. The van der Waals surface area contributed by atoms with E-state index in [1.165, 1.54) is 19.2 Å². The van der Waals surface area contributed by atoms with Crippen LogP contribution in [0.15, 0.2) is 23.3 Å². The number of nitrogens with one attached hydrogen (secondary N) is 1. The van der Waals surface area contributed by atoms with Crippen molar-refractivity contribution in [3.63, 3.8) is 0 Å². The molecule has 1 aromatic carbocycles. The van der Waals surface area contributed by atoms with Gasteiger partial charge >= 0.3 is 5.97 Å². The number of carboxylic acid groups (broad SMARTS) is 1. The van der Waals surface area contributed by atoms with Gasteiger partial charge in [-0.05, 0) is 12.1 Å². The maximum atomic E-state index is 13.4. The van der Waals surface area contributed by atoms with E-state index in [9.17, 15) is 14.0 Å². The van der Waals surface area contributed by atoms with Crippen molar-refractivity contribution in [1.29, 1.82) is 0 Å². The average Bonchev–Trinajstić information content (AvgIpc) is 2.24. The number of carbonyl (C=O) groups excluding carboxylic acids is 1. The zero-order valence-corrected chi connectivity index (χ0v) is 9.45.